The van der Waals surface area contributed by atoms with E-state index in [0.29, 0.717) is 5.75 Å². The van der Waals surface area contributed by atoms with Crippen molar-refractivity contribution < 1.29 is 17.9 Å². The van der Waals surface area contributed by atoms with Gasteiger partial charge in [0.2, 0.25) is 15.4 Å². The number of hydrogen-bond acceptors (Lipinski definition) is 7. The molecule has 1 heterocycles. The second kappa shape index (κ2) is 7.29. The number of carbonyl (C=O) groups is 1. The summed E-state index contributed by atoms with van der Waals surface area (Å²) in [6, 6.07) is 9.06. The van der Waals surface area contributed by atoms with Gasteiger partial charge in [-0.2, -0.15) is 0 Å². The largest absolute Gasteiger partial charge is 0.492 e. The Balaban J connectivity index is 1.85. The van der Waals surface area contributed by atoms with E-state index in [9.17, 15) is 13.2 Å². The molecule has 22 heavy (non-hydrogen) atoms. The molecule has 2 aromatic rings. The smallest absolute Gasteiger partial charge is 0.269 e. The predicted octanol–water partition coefficient (Wildman–Crippen LogP) is 0.854. The molecule has 10 heteroatoms. The molecular weight excluding hydrogens is 328 g/mol. The van der Waals surface area contributed by atoms with Gasteiger partial charge in [-0.3, -0.25) is 4.79 Å². The van der Waals surface area contributed by atoms with E-state index in [1.54, 1.807) is 12.1 Å². The number of rotatable bonds is 7. The van der Waals surface area contributed by atoms with E-state index in [1.807, 2.05) is 18.2 Å². The van der Waals surface area contributed by atoms with E-state index in [0.717, 1.165) is 11.3 Å². The van der Waals surface area contributed by atoms with Crippen LogP contribution in [0.4, 0.5) is 5.13 Å². The number of nitrogens with one attached hydrogen (secondary N) is 2. The van der Waals surface area contributed by atoms with Gasteiger partial charge in [0.1, 0.15) is 12.4 Å². The zero-order valence-corrected chi connectivity index (χ0v) is 13.3. The van der Waals surface area contributed by atoms with Crippen molar-refractivity contribution in [3.8, 4) is 5.75 Å². The molecular formula is C12H14N4O4S2. The van der Waals surface area contributed by atoms with Gasteiger partial charge in [0, 0.05) is 13.5 Å². The number of aromatic nitrogens is 2. The number of benzene rings is 1. The second-order valence-corrected chi connectivity index (χ2v) is 7.03. The SMILES string of the molecule is CC(=O)Nc1nnc(S(=O)(=O)NCCOc2ccccc2)s1. The highest BCUT2D eigenvalue weighted by Gasteiger charge is 2.20. The molecule has 0 spiro atoms. The van der Waals surface area contributed by atoms with Gasteiger partial charge in [0.05, 0.1) is 0 Å². The highest BCUT2D eigenvalue weighted by molar-refractivity contribution is 7.91. The Morgan fingerprint density at radius 2 is 2.00 bits per heavy atom. The number of hydrogen-bond donors (Lipinski definition) is 2. The van der Waals surface area contributed by atoms with Gasteiger partial charge in [0.25, 0.3) is 10.0 Å². The molecule has 2 rings (SSSR count). The zero-order chi connectivity index (χ0) is 16.0. The van der Waals surface area contributed by atoms with Gasteiger partial charge >= 0.3 is 0 Å². The van der Waals surface area contributed by atoms with Crippen molar-refractivity contribution in [2.45, 2.75) is 11.3 Å². The lowest BCUT2D eigenvalue weighted by molar-refractivity contribution is -0.114. The van der Waals surface area contributed by atoms with Gasteiger partial charge in [0.15, 0.2) is 0 Å². The Labute approximate surface area is 131 Å². The maximum atomic E-state index is 12.0. The topological polar surface area (TPSA) is 110 Å². The molecule has 118 valence electrons. The molecule has 0 aliphatic rings. The molecule has 0 fully saturated rings. The van der Waals surface area contributed by atoms with Crippen LogP contribution in [0.2, 0.25) is 0 Å². The van der Waals surface area contributed by atoms with E-state index < -0.39 is 10.0 Å². The van der Waals surface area contributed by atoms with Crippen molar-refractivity contribution in [1.29, 1.82) is 0 Å². The van der Waals surface area contributed by atoms with Gasteiger partial charge in [-0.25, -0.2) is 13.1 Å². The fourth-order valence-corrected chi connectivity index (χ4v) is 3.44. The first kappa shape index (κ1) is 16.3. The highest BCUT2D eigenvalue weighted by atomic mass is 32.2. The molecule has 0 saturated heterocycles. The monoisotopic (exact) mass is 342 g/mol. The molecule has 0 unspecified atom stereocenters. The Bertz CT molecular complexity index is 731. The lowest BCUT2D eigenvalue weighted by Gasteiger charge is -2.06. The predicted molar refractivity (Wildman–Crippen MR) is 81.3 cm³/mol. The third kappa shape index (κ3) is 4.76. The maximum absolute atomic E-state index is 12.0. The zero-order valence-electron chi connectivity index (χ0n) is 11.6. The third-order valence-corrected chi connectivity index (χ3v) is 4.99. The Morgan fingerprint density at radius 1 is 1.27 bits per heavy atom. The average molecular weight is 342 g/mol. The van der Waals surface area contributed by atoms with Crippen LogP contribution in [0, 0.1) is 0 Å². The van der Waals surface area contributed by atoms with Crippen LogP contribution in [0.25, 0.3) is 0 Å². The number of carbonyl (C=O) groups excluding carboxylic acids is 1. The average Bonchev–Trinajstić information content (AvgIpc) is 2.93. The van der Waals surface area contributed by atoms with Crippen molar-refractivity contribution >= 4 is 32.4 Å². The summed E-state index contributed by atoms with van der Waals surface area (Å²) in [6.07, 6.45) is 0. The number of nitrogens with zero attached hydrogens (tertiary/aromatic N) is 2. The summed E-state index contributed by atoms with van der Waals surface area (Å²) in [5, 5.41) is 9.63. The third-order valence-electron chi connectivity index (χ3n) is 2.33. The summed E-state index contributed by atoms with van der Waals surface area (Å²) in [6.45, 7) is 1.57. The normalized spacial score (nSPS) is 11.1. The Morgan fingerprint density at radius 3 is 2.68 bits per heavy atom. The first-order valence-corrected chi connectivity index (χ1v) is 8.56. The molecule has 1 aromatic heterocycles. The number of para-hydroxylation sites is 1. The molecule has 0 radical (unpaired) electrons. The van der Waals surface area contributed by atoms with E-state index >= 15 is 0 Å². The van der Waals surface area contributed by atoms with Gasteiger partial charge in [-0.05, 0) is 12.1 Å². The van der Waals surface area contributed by atoms with Crippen molar-refractivity contribution in [2.75, 3.05) is 18.5 Å². The summed E-state index contributed by atoms with van der Waals surface area (Å²) >= 11 is 0.777. The molecule has 0 saturated carbocycles. The first-order chi connectivity index (χ1) is 10.5. The van der Waals surface area contributed by atoms with E-state index in [4.69, 9.17) is 4.74 Å². The van der Waals surface area contributed by atoms with E-state index in [-0.39, 0.29) is 28.5 Å². The van der Waals surface area contributed by atoms with Crippen LogP contribution >= 0.6 is 11.3 Å². The molecule has 0 aliphatic heterocycles. The van der Waals surface area contributed by atoms with Crippen LogP contribution < -0.4 is 14.8 Å². The van der Waals surface area contributed by atoms with E-state index in [2.05, 4.69) is 20.2 Å². The second-order valence-electron chi connectivity index (χ2n) is 4.11. The van der Waals surface area contributed by atoms with Crippen LogP contribution in [0.15, 0.2) is 34.7 Å². The van der Waals surface area contributed by atoms with Crippen LogP contribution in [0.5, 0.6) is 5.75 Å². The van der Waals surface area contributed by atoms with Gasteiger partial charge < -0.3 is 10.1 Å². The summed E-state index contributed by atoms with van der Waals surface area (Å²) in [7, 11) is -3.77. The summed E-state index contributed by atoms with van der Waals surface area (Å²) < 4.78 is 31.5. The first-order valence-electron chi connectivity index (χ1n) is 6.26. The number of ether oxygens (including phenoxy) is 1. The minimum absolute atomic E-state index is 0.0896. The summed E-state index contributed by atoms with van der Waals surface area (Å²) in [5.74, 6) is 0.315. The molecule has 0 aliphatic carbocycles. The van der Waals surface area contributed by atoms with Crippen LogP contribution in [-0.4, -0.2) is 37.7 Å². The van der Waals surface area contributed by atoms with Crippen molar-refractivity contribution in [2.24, 2.45) is 0 Å². The lowest BCUT2D eigenvalue weighted by atomic mass is 10.3. The fourth-order valence-electron chi connectivity index (χ4n) is 1.44. The molecule has 1 aromatic carbocycles. The minimum atomic E-state index is -3.77. The quantitative estimate of drug-likeness (QED) is 0.570. The Kier molecular flexibility index (Phi) is 5.41. The molecule has 0 bridgehead atoms. The van der Waals surface area contributed by atoms with Crippen molar-refractivity contribution in [3.05, 3.63) is 30.3 Å². The lowest BCUT2D eigenvalue weighted by Crippen LogP contribution is -2.28. The van der Waals surface area contributed by atoms with E-state index in [1.165, 1.54) is 6.92 Å². The molecule has 1 amide bonds. The molecule has 2 N–H and O–H groups in total. The minimum Gasteiger partial charge on any atom is -0.492 e. The number of amides is 1. The van der Waals surface area contributed by atoms with Crippen LogP contribution in [-0.2, 0) is 14.8 Å². The van der Waals surface area contributed by atoms with Gasteiger partial charge in [-0.1, -0.05) is 29.5 Å². The van der Waals surface area contributed by atoms with Crippen molar-refractivity contribution in [3.63, 3.8) is 0 Å². The Hall–Kier alpha value is -2.04. The standard InChI is InChI=1S/C12H14N4O4S2/c1-9(17)14-11-15-16-12(21-11)22(18,19)13-7-8-20-10-5-3-2-4-6-10/h2-6,13H,7-8H2,1H3,(H,14,15,17). The maximum Gasteiger partial charge on any atom is 0.269 e. The van der Waals surface area contributed by atoms with Gasteiger partial charge in [-0.15, -0.1) is 10.2 Å². The summed E-state index contributed by atoms with van der Waals surface area (Å²) in [5.41, 5.74) is 0. The molecule has 0 atom stereocenters. The molecule has 8 nitrogen and oxygen atoms in total. The number of anilines is 1. The summed E-state index contributed by atoms with van der Waals surface area (Å²) in [4.78, 5) is 10.9. The number of sulfonamides is 1. The van der Waals surface area contributed by atoms with Crippen molar-refractivity contribution in [1.82, 2.24) is 14.9 Å². The van der Waals surface area contributed by atoms with Crippen LogP contribution in [0.3, 0.4) is 0 Å². The highest BCUT2D eigenvalue weighted by Crippen LogP contribution is 2.19. The fraction of sp³-hybridized carbons (Fsp3) is 0.250. The van der Waals surface area contributed by atoms with Crippen LogP contribution in [0.1, 0.15) is 6.92 Å².